The average molecular weight is 283 g/mol. The number of carbonyl (C=O) groups is 1. The summed E-state index contributed by atoms with van der Waals surface area (Å²) in [5.41, 5.74) is 0.818. The minimum atomic E-state index is -0.927. The molecule has 1 fully saturated rings. The van der Waals surface area contributed by atoms with Gasteiger partial charge in [-0.05, 0) is 17.7 Å². The average Bonchev–Trinajstić information content (AvgIpc) is 2.18. The normalized spacial score (nSPS) is 18.3. The lowest BCUT2D eigenvalue weighted by Crippen LogP contribution is -2.45. The summed E-state index contributed by atoms with van der Waals surface area (Å²) >= 11 is 3.37. The van der Waals surface area contributed by atoms with Crippen molar-refractivity contribution in [2.45, 2.75) is 5.41 Å². The molecule has 0 amide bonds. The van der Waals surface area contributed by atoms with Crippen LogP contribution in [0.3, 0.4) is 0 Å². The molecule has 0 unspecified atom stereocenters. The number of carboxylic acids is 1. The number of halogens is 1. The van der Waals surface area contributed by atoms with Crippen LogP contribution in [0.25, 0.3) is 0 Å². The van der Waals surface area contributed by atoms with Gasteiger partial charge in [0.25, 0.3) is 0 Å². The van der Waals surface area contributed by atoms with E-state index in [0.717, 1.165) is 10.0 Å². The molecule has 0 aliphatic carbocycles. The van der Waals surface area contributed by atoms with Crippen molar-refractivity contribution in [2.75, 3.05) is 13.2 Å². The van der Waals surface area contributed by atoms with Gasteiger partial charge >= 0.3 is 5.97 Å². The molecule has 0 radical (unpaired) electrons. The highest BCUT2D eigenvalue weighted by atomic mass is 79.9. The summed E-state index contributed by atoms with van der Waals surface area (Å²) in [5.74, 6) is -0.927. The molecule has 0 bridgehead atoms. The maximum absolute atomic E-state index is 10.5. The van der Waals surface area contributed by atoms with Crippen LogP contribution in [0, 0.1) is 0 Å². The maximum atomic E-state index is 10.5. The quantitative estimate of drug-likeness (QED) is 0.866. The lowest BCUT2D eigenvalue weighted by Gasteiger charge is -2.39. The third kappa shape index (κ3) is 2.18. The van der Waals surface area contributed by atoms with Gasteiger partial charge in [-0.2, -0.15) is 0 Å². The Morgan fingerprint density at radius 2 is 2.00 bits per heavy atom. The highest BCUT2D eigenvalue weighted by molar-refractivity contribution is 9.10. The van der Waals surface area contributed by atoms with Crippen LogP contribution in [-0.2, 0) is 14.9 Å². The number of ether oxygens (including phenoxy) is 1. The molecule has 1 heterocycles. The van der Waals surface area contributed by atoms with Crippen molar-refractivity contribution in [3.05, 3.63) is 46.5 Å². The molecule has 1 aliphatic rings. The Bertz CT molecular complexity index is 418. The van der Waals surface area contributed by atoms with Gasteiger partial charge in [0.15, 0.2) is 0 Å². The second-order valence-corrected chi connectivity index (χ2v) is 4.74. The standard InChI is InChI=1S/C12H11BrO3/c13-10-3-1-9(2-4-10)12(7-16-8-12)6-5-11(14)15/h1-6H,7-8H2,(H,14,15)/b6-5+. The topological polar surface area (TPSA) is 46.5 Å². The van der Waals surface area contributed by atoms with Gasteiger partial charge < -0.3 is 9.84 Å². The predicted octanol–water partition coefficient (Wildman–Crippen LogP) is 2.36. The van der Waals surface area contributed by atoms with Gasteiger partial charge in [0.2, 0.25) is 0 Å². The lowest BCUT2D eigenvalue weighted by molar-refractivity contribution is -0.131. The van der Waals surface area contributed by atoms with Crippen molar-refractivity contribution < 1.29 is 14.6 Å². The van der Waals surface area contributed by atoms with Gasteiger partial charge in [0.1, 0.15) is 0 Å². The fourth-order valence-electron chi connectivity index (χ4n) is 1.69. The van der Waals surface area contributed by atoms with E-state index in [0.29, 0.717) is 13.2 Å². The number of hydrogen-bond acceptors (Lipinski definition) is 2. The van der Waals surface area contributed by atoms with Crippen LogP contribution in [-0.4, -0.2) is 24.3 Å². The minimum absolute atomic E-state index is 0.265. The summed E-state index contributed by atoms with van der Waals surface area (Å²) in [4.78, 5) is 10.5. The van der Waals surface area contributed by atoms with E-state index in [1.807, 2.05) is 24.3 Å². The van der Waals surface area contributed by atoms with Gasteiger partial charge in [-0.15, -0.1) is 0 Å². The Morgan fingerprint density at radius 1 is 1.38 bits per heavy atom. The van der Waals surface area contributed by atoms with Gasteiger partial charge in [0.05, 0.1) is 18.6 Å². The zero-order chi connectivity index (χ0) is 11.6. The van der Waals surface area contributed by atoms with Gasteiger partial charge in [0, 0.05) is 10.5 Å². The smallest absolute Gasteiger partial charge is 0.328 e. The number of benzene rings is 1. The molecule has 1 saturated heterocycles. The Morgan fingerprint density at radius 3 is 2.44 bits per heavy atom. The molecule has 16 heavy (non-hydrogen) atoms. The fourth-order valence-corrected chi connectivity index (χ4v) is 1.96. The summed E-state index contributed by atoms with van der Waals surface area (Å²) < 4.78 is 6.21. The Balaban J connectivity index is 2.27. The van der Waals surface area contributed by atoms with Crippen molar-refractivity contribution in [3.63, 3.8) is 0 Å². The van der Waals surface area contributed by atoms with Crippen molar-refractivity contribution in [1.82, 2.24) is 0 Å². The molecule has 0 saturated carbocycles. The minimum Gasteiger partial charge on any atom is -0.478 e. The molecule has 1 aromatic rings. The van der Waals surface area contributed by atoms with E-state index in [1.165, 1.54) is 6.08 Å². The van der Waals surface area contributed by atoms with Gasteiger partial charge in [-0.3, -0.25) is 0 Å². The molecule has 4 heteroatoms. The van der Waals surface area contributed by atoms with E-state index in [9.17, 15) is 4.79 Å². The van der Waals surface area contributed by atoms with Crippen LogP contribution in [0.5, 0.6) is 0 Å². The first-order valence-electron chi connectivity index (χ1n) is 4.88. The molecule has 84 valence electrons. The number of carboxylic acid groups (broad SMARTS) is 1. The zero-order valence-electron chi connectivity index (χ0n) is 8.52. The summed E-state index contributed by atoms with van der Waals surface area (Å²) in [6.07, 6.45) is 2.90. The Hall–Kier alpha value is -1.13. The van der Waals surface area contributed by atoms with E-state index in [2.05, 4.69) is 15.9 Å². The molecule has 1 aromatic carbocycles. The Kier molecular flexibility index (Phi) is 3.12. The SMILES string of the molecule is O=C(O)/C=C/C1(c2ccc(Br)cc2)COC1. The molecule has 0 atom stereocenters. The van der Waals surface area contributed by atoms with Crippen LogP contribution in [0.1, 0.15) is 5.56 Å². The largest absolute Gasteiger partial charge is 0.478 e. The van der Waals surface area contributed by atoms with Gasteiger partial charge in [-0.1, -0.05) is 34.1 Å². The van der Waals surface area contributed by atoms with Crippen LogP contribution in [0.15, 0.2) is 40.9 Å². The second kappa shape index (κ2) is 4.39. The summed E-state index contributed by atoms with van der Waals surface area (Å²) in [6, 6.07) is 7.87. The maximum Gasteiger partial charge on any atom is 0.328 e. The Labute approximate surface area is 102 Å². The van der Waals surface area contributed by atoms with Crippen LogP contribution in [0.2, 0.25) is 0 Å². The zero-order valence-corrected chi connectivity index (χ0v) is 10.1. The van der Waals surface area contributed by atoms with E-state index >= 15 is 0 Å². The van der Waals surface area contributed by atoms with E-state index < -0.39 is 5.97 Å². The van der Waals surface area contributed by atoms with E-state index in [1.54, 1.807) is 6.08 Å². The van der Waals surface area contributed by atoms with Crippen LogP contribution >= 0.6 is 15.9 Å². The first-order valence-corrected chi connectivity index (χ1v) is 5.68. The highest BCUT2D eigenvalue weighted by Gasteiger charge is 2.37. The molecule has 1 N–H and O–H groups in total. The summed E-state index contributed by atoms with van der Waals surface area (Å²) in [6.45, 7) is 1.08. The molecule has 1 aliphatic heterocycles. The van der Waals surface area contributed by atoms with E-state index in [-0.39, 0.29) is 5.41 Å². The van der Waals surface area contributed by atoms with Crippen LogP contribution < -0.4 is 0 Å². The van der Waals surface area contributed by atoms with Crippen molar-refractivity contribution in [2.24, 2.45) is 0 Å². The lowest BCUT2D eigenvalue weighted by atomic mass is 9.78. The molecular weight excluding hydrogens is 272 g/mol. The van der Waals surface area contributed by atoms with Crippen molar-refractivity contribution in [1.29, 1.82) is 0 Å². The monoisotopic (exact) mass is 282 g/mol. The van der Waals surface area contributed by atoms with Gasteiger partial charge in [-0.25, -0.2) is 4.79 Å². The summed E-state index contributed by atoms with van der Waals surface area (Å²) in [5, 5.41) is 8.65. The molecule has 2 rings (SSSR count). The van der Waals surface area contributed by atoms with E-state index in [4.69, 9.17) is 9.84 Å². The number of rotatable bonds is 3. The van der Waals surface area contributed by atoms with Crippen molar-refractivity contribution in [3.8, 4) is 0 Å². The first kappa shape index (κ1) is 11.4. The number of aliphatic carboxylic acids is 1. The third-order valence-electron chi connectivity index (χ3n) is 2.68. The highest BCUT2D eigenvalue weighted by Crippen LogP contribution is 2.34. The number of hydrogen-bond donors (Lipinski definition) is 1. The summed E-state index contributed by atoms with van der Waals surface area (Å²) in [7, 11) is 0. The molecular formula is C12H11BrO3. The molecule has 0 spiro atoms. The predicted molar refractivity (Wildman–Crippen MR) is 63.4 cm³/mol. The molecule has 0 aromatic heterocycles. The van der Waals surface area contributed by atoms with Crippen LogP contribution in [0.4, 0.5) is 0 Å². The fraction of sp³-hybridized carbons (Fsp3) is 0.250. The second-order valence-electron chi connectivity index (χ2n) is 3.83. The first-order chi connectivity index (χ1) is 7.62. The van der Waals surface area contributed by atoms with Crippen molar-refractivity contribution >= 4 is 21.9 Å². The molecule has 3 nitrogen and oxygen atoms in total. The third-order valence-corrected chi connectivity index (χ3v) is 3.21.